The first kappa shape index (κ1) is 9.65. The lowest BCUT2D eigenvalue weighted by molar-refractivity contribution is 0.0177. The van der Waals surface area contributed by atoms with E-state index in [9.17, 15) is 13.9 Å². The van der Waals surface area contributed by atoms with E-state index in [0.717, 1.165) is 0 Å². The maximum Gasteiger partial charge on any atom is 0.251 e. The molecule has 1 heterocycles. The van der Waals surface area contributed by atoms with E-state index in [4.69, 9.17) is 4.42 Å². The zero-order chi connectivity index (χ0) is 10.4. The van der Waals surface area contributed by atoms with Crippen LogP contribution in [0.4, 0.5) is 8.78 Å². The van der Waals surface area contributed by atoms with Gasteiger partial charge in [0.05, 0.1) is 18.1 Å². The van der Waals surface area contributed by atoms with Gasteiger partial charge in [-0.1, -0.05) is 0 Å². The molecular formula is C10H12F2O2. The van der Waals surface area contributed by atoms with Crippen LogP contribution in [0.2, 0.25) is 0 Å². The van der Waals surface area contributed by atoms with Crippen molar-refractivity contribution in [1.82, 2.24) is 0 Å². The van der Waals surface area contributed by atoms with Gasteiger partial charge in [0, 0.05) is 17.9 Å². The standard InChI is InChI=1S/C10H12F2O2/c1-9(13,7-2-3-14-6-7)4-8-5-10(8,11)12/h2-3,6,8,13H,4-5H2,1H3. The monoisotopic (exact) mass is 202 g/mol. The van der Waals surface area contributed by atoms with Crippen molar-refractivity contribution in [3.05, 3.63) is 24.2 Å². The Morgan fingerprint density at radius 2 is 2.36 bits per heavy atom. The molecule has 1 aromatic rings. The summed E-state index contributed by atoms with van der Waals surface area (Å²) >= 11 is 0. The van der Waals surface area contributed by atoms with Crippen molar-refractivity contribution in [3.8, 4) is 0 Å². The summed E-state index contributed by atoms with van der Waals surface area (Å²) < 4.78 is 30.1. The summed E-state index contributed by atoms with van der Waals surface area (Å²) in [6.45, 7) is 1.53. The molecule has 0 aromatic carbocycles. The van der Waals surface area contributed by atoms with Gasteiger partial charge >= 0.3 is 0 Å². The lowest BCUT2D eigenvalue weighted by Gasteiger charge is -2.21. The topological polar surface area (TPSA) is 33.4 Å². The van der Waals surface area contributed by atoms with Crippen LogP contribution in [0.3, 0.4) is 0 Å². The largest absolute Gasteiger partial charge is 0.472 e. The zero-order valence-electron chi connectivity index (χ0n) is 7.84. The fourth-order valence-electron chi connectivity index (χ4n) is 1.66. The Morgan fingerprint density at radius 3 is 2.79 bits per heavy atom. The molecule has 0 saturated heterocycles. The van der Waals surface area contributed by atoms with Crippen LogP contribution in [-0.4, -0.2) is 11.0 Å². The molecule has 0 aliphatic heterocycles. The van der Waals surface area contributed by atoms with Crippen LogP contribution in [0, 0.1) is 5.92 Å². The molecular weight excluding hydrogens is 190 g/mol. The Labute approximate surface area is 80.5 Å². The van der Waals surface area contributed by atoms with E-state index in [2.05, 4.69) is 0 Å². The van der Waals surface area contributed by atoms with Crippen molar-refractivity contribution in [1.29, 1.82) is 0 Å². The minimum absolute atomic E-state index is 0.0829. The van der Waals surface area contributed by atoms with Crippen LogP contribution >= 0.6 is 0 Å². The molecule has 2 nitrogen and oxygen atoms in total. The minimum Gasteiger partial charge on any atom is -0.472 e. The van der Waals surface area contributed by atoms with E-state index >= 15 is 0 Å². The van der Waals surface area contributed by atoms with Crippen LogP contribution in [0.5, 0.6) is 0 Å². The molecule has 2 rings (SSSR count). The first-order valence-corrected chi connectivity index (χ1v) is 4.55. The highest BCUT2D eigenvalue weighted by Gasteiger charge is 2.58. The van der Waals surface area contributed by atoms with Gasteiger partial charge in [0.25, 0.3) is 5.92 Å². The molecule has 1 aromatic heterocycles. The van der Waals surface area contributed by atoms with Crippen molar-refractivity contribution in [2.75, 3.05) is 0 Å². The van der Waals surface area contributed by atoms with E-state index in [0.29, 0.717) is 5.56 Å². The number of furan rings is 1. The molecule has 0 bridgehead atoms. The van der Waals surface area contributed by atoms with Crippen molar-refractivity contribution >= 4 is 0 Å². The van der Waals surface area contributed by atoms with E-state index in [1.807, 2.05) is 0 Å². The van der Waals surface area contributed by atoms with Crippen LogP contribution in [0.15, 0.2) is 23.0 Å². The van der Waals surface area contributed by atoms with E-state index in [-0.39, 0.29) is 12.8 Å². The van der Waals surface area contributed by atoms with E-state index in [1.54, 1.807) is 6.07 Å². The van der Waals surface area contributed by atoms with Gasteiger partial charge in [0.2, 0.25) is 0 Å². The second-order valence-corrected chi connectivity index (χ2v) is 4.15. The number of alkyl halides is 2. The van der Waals surface area contributed by atoms with Crippen molar-refractivity contribution in [2.45, 2.75) is 31.3 Å². The van der Waals surface area contributed by atoms with Gasteiger partial charge in [0.1, 0.15) is 0 Å². The second-order valence-electron chi connectivity index (χ2n) is 4.15. The summed E-state index contributed by atoms with van der Waals surface area (Å²) in [7, 11) is 0. The predicted molar refractivity (Wildman–Crippen MR) is 45.9 cm³/mol. The third kappa shape index (κ3) is 1.66. The molecule has 1 saturated carbocycles. The van der Waals surface area contributed by atoms with Gasteiger partial charge in [-0.25, -0.2) is 8.78 Å². The lowest BCUT2D eigenvalue weighted by Crippen LogP contribution is -2.22. The van der Waals surface area contributed by atoms with Crippen molar-refractivity contribution < 1.29 is 18.3 Å². The number of halogens is 2. The second kappa shape index (κ2) is 2.79. The van der Waals surface area contributed by atoms with Gasteiger partial charge in [-0.05, 0) is 19.4 Å². The van der Waals surface area contributed by atoms with Gasteiger partial charge in [-0.15, -0.1) is 0 Å². The molecule has 1 fully saturated rings. The quantitative estimate of drug-likeness (QED) is 0.817. The van der Waals surface area contributed by atoms with Gasteiger partial charge < -0.3 is 9.52 Å². The fraction of sp³-hybridized carbons (Fsp3) is 0.600. The summed E-state index contributed by atoms with van der Waals surface area (Å²) in [4.78, 5) is 0. The SMILES string of the molecule is CC(O)(CC1CC1(F)F)c1ccoc1. The molecule has 0 radical (unpaired) electrons. The molecule has 0 amide bonds. The molecule has 2 atom stereocenters. The molecule has 1 aliphatic rings. The summed E-state index contributed by atoms with van der Waals surface area (Å²) in [5.74, 6) is -3.26. The normalized spacial score (nSPS) is 28.4. The third-order valence-corrected chi connectivity index (χ3v) is 2.74. The predicted octanol–water partition coefficient (Wildman–Crippen LogP) is 2.53. The summed E-state index contributed by atoms with van der Waals surface area (Å²) in [6, 6.07) is 1.60. The molecule has 78 valence electrons. The van der Waals surface area contributed by atoms with Crippen LogP contribution in [-0.2, 0) is 5.60 Å². The first-order valence-electron chi connectivity index (χ1n) is 4.55. The van der Waals surface area contributed by atoms with Crippen LogP contribution in [0.1, 0.15) is 25.3 Å². The van der Waals surface area contributed by atoms with E-state index < -0.39 is 17.4 Å². The highest BCUT2D eigenvalue weighted by atomic mass is 19.3. The number of aliphatic hydroxyl groups is 1. The molecule has 4 heteroatoms. The highest BCUT2D eigenvalue weighted by Crippen LogP contribution is 2.53. The molecule has 14 heavy (non-hydrogen) atoms. The van der Waals surface area contributed by atoms with Crippen molar-refractivity contribution in [2.24, 2.45) is 5.92 Å². The molecule has 1 aliphatic carbocycles. The lowest BCUT2D eigenvalue weighted by atomic mass is 9.92. The Morgan fingerprint density at radius 1 is 1.71 bits per heavy atom. The Balaban J connectivity index is 2.04. The Hall–Kier alpha value is -0.900. The maximum atomic E-state index is 12.6. The summed E-state index contributed by atoms with van der Waals surface area (Å²) in [5, 5.41) is 9.92. The summed E-state index contributed by atoms with van der Waals surface area (Å²) in [6.07, 6.45) is 2.79. The maximum absolute atomic E-state index is 12.6. The third-order valence-electron chi connectivity index (χ3n) is 2.74. The smallest absolute Gasteiger partial charge is 0.251 e. The highest BCUT2D eigenvalue weighted by molar-refractivity contribution is 5.16. The fourth-order valence-corrected chi connectivity index (χ4v) is 1.66. The average Bonchev–Trinajstić information content (AvgIpc) is 2.57. The van der Waals surface area contributed by atoms with Crippen LogP contribution < -0.4 is 0 Å². The molecule has 1 N–H and O–H groups in total. The van der Waals surface area contributed by atoms with Gasteiger partial charge in [0.15, 0.2) is 0 Å². The van der Waals surface area contributed by atoms with Crippen molar-refractivity contribution in [3.63, 3.8) is 0 Å². The summed E-state index contributed by atoms with van der Waals surface area (Å²) in [5.41, 5.74) is -0.655. The number of hydrogen-bond donors (Lipinski definition) is 1. The Kier molecular flexibility index (Phi) is 1.93. The molecule has 0 spiro atoms. The average molecular weight is 202 g/mol. The zero-order valence-corrected chi connectivity index (χ0v) is 7.84. The Bertz CT molecular complexity index is 317. The number of rotatable bonds is 3. The molecule has 2 unspecified atom stereocenters. The first-order chi connectivity index (χ1) is 6.42. The number of hydrogen-bond acceptors (Lipinski definition) is 2. The van der Waals surface area contributed by atoms with Crippen LogP contribution in [0.25, 0.3) is 0 Å². The van der Waals surface area contributed by atoms with Gasteiger partial charge in [-0.2, -0.15) is 0 Å². The minimum atomic E-state index is -2.58. The van der Waals surface area contributed by atoms with Gasteiger partial charge in [-0.3, -0.25) is 0 Å². The van der Waals surface area contributed by atoms with E-state index in [1.165, 1.54) is 19.5 Å².